The average Bonchev–Trinajstić information content (AvgIpc) is 2.41. The zero-order valence-corrected chi connectivity index (χ0v) is 19.6. The molecular formula is C18H30O6S3. The standard InChI is InChI=1S/C18H30O6S3/c1-11(2)14-9-15(12(3)4)17(16(10-14)13(5)6)27(23,24)18(25(7,19)20)26(8,21)22/h9-13,18H,1-8H3. The van der Waals surface area contributed by atoms with E-state index in [2.05, 4.69) is 0 Å². The van der Waals surface area contributed by atoms with Gasteiger partial charge in [0.15, 0.2) is 19.7 Å². The molecule has 0 saturated carbocycles. The maximum Gasteiger partial charge on any atom is 0.266 e. The molecule has 1 aromatic rings. The molecule has 0 saturated heterocycles. The van der Waals surface area contributed by atoms with Gasteiger partial charge in [-0.15, -0.1) is 0 Å². The second-order valence-corrected chi connectivity index (χ2v) is 15.1. The van der Waals surface area contributed by atoms with Crippen LogP contribution < -0.4 is 0 Å². The van der Waals surface area contributed by atoms with E-state index in [0.717, 1.165) is 5.56 Å². The Morgan fingerprint density at radius 2 is 0.963 bits per heavy atom. The summed E-state index contributed by atoms with van der Waals surface area (Å²) in [6.45, 7) is 11.2. The van der Waals surface area contributed by atoms with Crippen molar-refractivity contribution in [2.75, 3.05) is 12.5 Å². The molecule has 0 radical (unpaired) electrons. The predicted octanol–water partition coefficient (Wildman–Crippen LogP) is 3.20. The zero-order valence-electron chi connectivity index (χ0n) is 17.1. The van der Waals surface area contributed by atoms with Crippen LogP contribution in [0.1, 0.15) is 76.0 Å². The van der Waals surface area contributed by atoms with Crippen molar-refractivity contribution >= 4 is 29.5 Å². The number of sulfone groups is 3. The third kappa shape index (κ3) is 5.12. The number of hydrogen-bond acceptors (Lipinski definition) is 6. The van der Waals surface area contributed by atoms with Crippen LogP contribution in [-0.4, -0.2) is 41.7 Å². The minimum atomic E-state index is -4.69. The zero-order chi connectivity index (χ0) is 21.5. The minimum Gasteiger partial charge on any atom is -0.227 e. The fourth-order valence-electron chi connectivity index (χ4n) is 3.09. The first-order valence-electron chi connectivity index (χ1n) is 8.71. The van der Waals surface area contributed by atoms with Gasteiger partial charge in [-0.05, 0) is 34.4 Å². The molecule has 27 heavy (non-hydrogen) atoms. The Labute approximate surface area is 164 Å². The van der Waals surface area contributed by atoms with Crippen molar-refractivity contribution in [1.82, 2.24) is 0 Å². The van der Waals surface area contributed by atoms with Gasteiger partial charge in [-0.3, -0.25) is 0 Å². The number of benzene rings is 1. The van der Waals surface area contributed by atoms with Crippen molar-refractivity contribution < 1.29 is 25.3 Å². The molecule has 0 fully saturated rings. The van der Waals surface area contributed by atoms with Crippen molar-refractivity contribution in [3.63, 3.8) is 0 Å². The molecule has 0 spiro atoms. The molecule has 0 aliphatic carbocycles. The van der Waals surface area contributed by atoms with Crippen LogP contribution in [0.4, 0.5) is 0 Å². The maximum atomic E-state index is 13.4. The lowest BCUT2D eigenvalue weighted by Crippen LogP contribution is -2.38. The Kier molecular flexibility index (Phi) is 6.99. The fourth-order valence-corrected chi connectivity index (χ4v) is 11.3. The highest BCUT2D eigenvalue weighted by Crippen LogP contribution is 2.38. The quantitative estimate of drug-likeness (QED) is 0.648. The lowest BCUT2D eigenvalue weighted by Gasteiger charge is -2.25. The molecule has 6 nitrogen and oxygen atoms in total. The second kappa shape index (κ2) is 7.83. The molecule has 1 rings (SSSR count). The summed E-state index contributed by atoms with van der Waals surface area (Å²) in [6.07, 6.45) is 1.28. The topological polar surface area (TPSA) is 102 Å². The van der Waals surface area contributed by atoms with Gasteiger partial charge < -0.3 is 0 Å². The smallest absolute Gasteiger partial charge is 0.227 e. The Morgan fingerprint density at radius 3 is 1.19 bits per heavy atom. The van der Waals surface area contributed by atoms with Gasteiger partial charge >= 0.3 is 0 Å². The minimum absolute atomic E-state index is 0.136. The predicted molar refractivity (Wildman–Crippen MR) is 109 cm³/mol. The highest BCUT2D eigenvalue weighted by Gasteiger charge is 2.46. The molecular weight excluding hydrogens is 408 g/mol. The highest BCUT2D eigenvalue weighted by atomic mass is 32.3. The van der Waals surface area contributed by atoms with Crippen LogP contribution in [0.15, 0.2) is 17.0 Å². The maximum absolute atomic E-state index is 13.4. The van der Waals surface area contributed by atoms with Gasteiger partial charge in [0.25, 0.3) is 3.91 Å². The molecule has 0 heterocycles. The van der Waals surface area contributed by atoms with Gasteiger partial charge in [-0.25, -0.2) is 25.3 Å². The molecule has 0 unspecified atom stereocenters. The molecule has 9 heteroatoms. The first kappa shape index (κ1) is 24.1. The van der Waals surface area contributed by atoms with E-state index >= 15 is 0 Å². The van der Waals surface area contributed by atoms with Crippen molar-refractivity contribution in [3.8, 4) is 0 Å². The number of rotatable bonds is 7. The monoisotopic (exact) mass is 438 g/mol. The van der Waals surface area contributed by atoms with Crippen LogP contribution in [0.25, 0.3) is 0 Å². The lowest BCUT2D eigenvalue weighted by atomic mass is 9.89. The molecule has 0 atom stereocenters. The van der Waals surface area contributed by atoms with Crippen molar-refractivity contribution in [2.24, 2.45) is 0 Å². The van der Waals surface area contributed by atoms with Gasteiger partial charge in [0.1, 0.15) is 0 Å². The summed E-state index contributed by atoms with van der Waals surface area (Å²) in [6, 6.07) is 3.49. The third-order valence-corrected chi connectivity index (χ3v) is 13.0. The molecule has 0 amide bonds. The molecule has 0 aromatic heterocycles. The lowest BCUT2D eigenvalue weighted by molar-refractivity contribution is 0.575. The molecule has 0 aliphatic heterocycles. The van der Waals surface area contributed by atoms with Gasteiger partial charge in [-0.2, -0.15) is 0 Å². The Morgan fingerprint density at radius 1 is 0.630 bits per heavy atom. The van der Waals surface area contributed by atoms with Crippen LogP contribution in [0, 0.1) is 0 Å². The van der Waals surface area contributed by atoms with Crippen LogP contribution in [0.2, 0.25) is 0 Å². The Balaban J connectivity index is 4.14. The summed E-state index contributed by atoms with van der Waals surface area (Å²) in [5.41, 5.74) is 1.82. The van der Waals surface area contributed by atoms with Gasteiger partial charge in [0.05, 0.1) is 4.90 Å². The molecule has 156 valence electrons. The third-order valence-electron chi connectivity index (χ3n) is 4.32. The fraction of sp³-hybridized carbons (Fsp3) is 0.667. The van der Waals surface area contributed by atoms with E-state index in [-0.39, 0.29) is 22.6 Å². The van der Waals surface area contributed by atoms with Crippen LogP contribution in [-0.2, 0) is 29.5 Å². The Hall–Kier alpha value is -0.930. The van der Waals surface area contributed by atoms with Gasteiger partial charge in [0.2, 0.25) is 9.84 Å². The summed E-state index contributed by atoms with van der Waals surface area (Å²) in [5, 5.41) is 0. The SMILES string of the molecule is CC(C)c1cc(C(C)C)c(S(=O)(=O)C(S(C)(=O)=O)S(C)(=O)=O)c(C(C)C)c1. The van der Waals surface area contributed by atoms with Crippen molar-refractivity contribution in [2.45, 2.75) is 68.1 Å². The van der Waals surface area contributed by atoms with Crippen LogP contribution >= 0.6 is 0 Å². The summed E-state index contributed by atoms with van der Waals surface area (Å²) in [7, 11) is -13.5. The largest absolute Gasteiger partial charge is 0.266 e. The first-order valence-corrected chi connectivity index (χ1v) is 14.2. The van der Waals surface area contributed by atoms with E-state index in [9.17, 15) is 25.3 Å². The summed E-state index contributed by atoms with van der Waals surface area (Å²) in [5.74, 6) is -0.325. The van der Waals surface area contributed by atoms with E-state index < -0.39 is 33.4 Å². The number of hydrogen-bond donors (Lipinski definition) is 0. The van der Waals surface area contributed by atoms with Crippen molar-refractivity contribution in [3.05, 3.63) is 28.8 Å². The van der Waals surface area contributed by atoms with E-state index in [1.54, 1.807) is 39.8 Å². The van der Waals surface area contributed by atoms with Gasteiger partial charge in [0, 0.05) is 12.5 Å². The van der Waals surface area contributed by atoms with Crippen LogP contribution in [0.5, 0.6) is 0 Å². The summed E-state index contributed by atoms with van der Waals surface area (Å²) >= 11 is 0. The molecule has 0 aliphatic rings. The second-order valence-electron chi connectivity index (χ2n) is 7.99. The van der Waals surface area contributed by atoms with E-state index in [1.165, 1.54) is 0 Å². The summed E-state index contributed by atoms with van der Waals surface area (Å²) in [4.78, 5) is -0.169. The summed E-state index contributed by atoms with van der Waals surface area (Å²) < 4.78 is 73.0. The van der Waals surface area contributed by atoms with E-state index in [4.69, 9.17) is 0 Å². The average molecular weight is 439 g/mol. The normalized spacial score (nSPS) is 13.9. The van der Waals surface area contributed by atoms with Gasteiger partial charge in [-0.1, -0.05) is 53.7 Å². The van der Waals surface area contributed by atoms with Crippen LogP contribution in [0.3, 0.4) is 0 Å². The van der Waals surface area contributed by atoms with Crippen molar-refractivity contribution in [1.29, 1.82) is 0 Å². The molecule has 1 aromatic carbocycles. The first-order chi connectivity index (χ1) is 11.9. The van der Waals surface area contributed by atoms with E-state index in [0.29, 0.717) is 23.6 Å². The molecule has 0 N–H and O–H groups in total. The highest BCUT2D eigenvalue weighted by molar-refractivity contribution is 8.23. The van der Waals surface area contributed by atoms with E-state index in [1.807, 2.05) is 13.8 Å². The molecule has 0 bridgehead atoms. The Bertz CT molecular complexity index is 954.